The number of hydrogen-bond donors (Lipinski definition) is 1. The van der Waals surface area contributed by atoms with Crippen LogP contribution >= 0.6 is 0 Å². The molecule has 0 aliphatic rings. The van der Waals surface area contributed by atoms with Crippen LogP contribution in [0.5, 0.6) is 0 Å². The van der Waals surface area contributed by atoms with Crippen molar-refractivity contribution in [3.63, 3.8) is 0 Å². The van der Waals surface area contributed by atoms with E-state index in [2.05, 4.69) is 0 Å². The summed E-state index contributed by atoms with van der Waals surface area (Å²) < 4.78 is 31.6. The molecular formula is C16H16F2O2. The second-order valence-corrected chi connectivity index (χ2v) is 4.62. The Kier molecular flexibility index (Phi) is 4.82. The lowest BCUT2D eigenvalue weighted by Gasteiger charge is -2.22. The zero-order valence-electron chi connectivity index (χ0n) is 11.1. The van der Waals surface area contributed by atoms with E-state index in [4.69, 9.17) is 4.74 Å². The molecule has 0 bridgehead atoms. The first-order valence-electron chi connectivity index (χ1n) is 6.31. The van der Waals surface area contributed by atoms with Crippen molar-refractivity contribution in [3.8, 4) is 0 Å². The molecule has 0 aromatic heterocycles. The highest BCUT2D eigenvalue weighted by atomic mass is 19.1. The highest BCUT2D eigenvalue weighted by molar-refractivity contribution is 5.22. The van der Waals surface area contributed by atoms with Crippen LogP contribution in [0.1, 0.15) is 17.2 Å². The van der Waals surface area contributed by atoms with Gasteiger partial charge in [-0.3, -0.25) is 0 Å². The third-order valence-electron chi connectivity index (χ3n) is 3.10. The van der Waals surface area contributed by atoms with Gasteiger partial charge in [0.25, 0.3) is 0 Å². The molecule has 2 nitrogen and oxygen atoms in total. The van der Waals surface area contributed by atoms with E-state index in [-0.39, 0.29) is 6.42 Å². The van der Waals surface area contributed by atoms with Gasteiger partial charge in [-0.1, -0.05) is 30.3 Å². The fraction of sp³-hybridized carbons (Fsp3) is 0.250. The second kappa shape index (κ2) is 6.59. The zero-order valence-corrected chi connectivity index (χ0v) is 11.1. The van der Waals surface area contributed by atoms with E-state index in [1.807, 2.05) is 30.3 Å². The summed E-state index contributed by atoms with van der Waals surface area (Å²) >= 11 is 0. The van der Waals surface area contributed by atoms with E-state index in [0.717, 1.165) is 11.6 Å². The Labute approximate surface area is 116 Å². The van der Waals surface area contributed by atoms with Crippen LogP contribution in [0.25, 0.3) is 0 Å². The first-order chi connectivity index (χ1) is 9.60. The van der Waals surface area contributed by atoms with Gasteiger partial charge < -0.3 is 9.84 Å². The Morgan fingerprint density at radius 2 is 1.65 bits per heavy atom. The summed E-state index contributed by atoms with van der Waals surface area (Å²) in [5.41, 5.74) is 1.22. The molecule has 20 heavy (non-hydrogen) atoms. The molecule has 4 heteroatoms. The summed E-state index contributed by atoms with van der Waals surface area (Å²) in [5.74, 6) is -1.30. The van der Waals surface area contributed by atoms with E-state index in [9.17, 15) is 13.9 Å². The van der Waals surface area contributed by atoms with E-state index >= 15 is 0 Å². The number of ether oxygens (including phenoxy) is 1. The molecule has 0 heterocycles. The van der Waals surface area contributed by atoms with Crippen molar-refractivity contribution < 1.29 is 18.6 Å². The van der Waals surface area contributed by atoms with Crippen molar-refractivity contribution in [3.05, 3.63) is 71.3 Å². The normalized spacial score (nSPS) is 14.0. The monoisotopic (exact) mass is 278 g/mol. The Bertz CT molecular complexity index is 537. The molecule has 1 N–H and O–H groups in total. The fourth-order valence-corrected chi connectivity index (χ4v) is 2.24. The summed E-state index contributed by atoms with van der Waals surface area (Å²) in [7, 11) is 1.49. The van der Waals surface area contributed by atoms with Crippen molar-refractivity contribution in [2.45, 2.75) is 18.6 Å². The molecule has 0 aliphatic carbocycles. The van der Waals surface area contributed by atoms with Gasteiger partial charge in [-0.05, 0) is 23.3 Å². The summed E-state index contributed by atoms with van der Waals surface area (Å²) in [5, 5.41) is 10.2. The second-order valence-electron chi connectivity index (χ2n) is 4.62. The van der Waals surface area contributed by atoms with Crippen LogP contribution < -0.4 is 0 Å². The maximum absolute atomic E-state index is 13.1. The number of benzene rings is 2. The van der Waals surface area contributed by atoms with Crippen LogP contribution in [-0.2, 0) is 11.2 Å². The minimum absolute atomic E-state index is 0.113. The topological polar surface area (TPSA) is 29.5 Å². The number of aliphatic hydroxyl groups excluding tert-OH is 1. The average Bonchev–Trinajstić information content (AvgIpc) is 2.39. The molecule has 0 saturated heterocycles. The molecule has 0 saturated carbocycles. The van der Waals surface area contributed by atoms with Crippen LogP contribution in [0, 0.1) is 11.6 Å². The first kappa shape index (κ1) is 14.6. The van der Waals surface area contributed by atoms with Crippen molar-refractivity contribution in [1.29, 1.82) is 0 Å². The molecule has 2 atom stereocenters. The summed E-state index contributed by atoms with van der Waals surface area (Å²) in [4.78, 5) is 0. The highest BCUT2D eigenvalue weighted by Gasteiger charge is 2.21. The number of aliphatic hydroxyl groups is 1. The number of rotatable bonds is 5. The van der Waals surface area contributed by atoms with Crippen LogP contribution in [0.4, 0.5) is 8.78 Å². The molecule has 0 spiro atoms. The Hall–Kier alpha value is -1.78. The summed E-state index contributed by atoms with van der Waals surface area (Å²) in [6, 6.07) is 12.5. The van der Waals surface area contributed by atoms with Crippen LogP contribution in [0.15, 0.2) is 48.5 Å². The SMILES string of the molecule is COC(c1ccccc1)C(O)Cc1cc(F)cc(F)c1. The van der Waals surface area contributed by atoms with Gasteiger partial charge in [0.05, 0.1) is 6.10 Å². The van der Waals surface area contributed by atoms with E-state index in [1.165, 1.54) is 19.2 Å². The Morgan fingerprint density at radius 3 is 2.20 bits per heavy atom. The highest BCUT2D eigenvalue weighted by Crippen LogP contribution is 2.23. The fourth-order valence-electron chi connectivity index (χ4n) is 2.24. The van der Waals surface area contributed by atoms with Crippen LogP contribution in [0.2, 0.25) is 0 Å². The quantitative estimate of drug-likeness (QED) is 0.909. The van der Waals surface area contributed by atoms with Crippen LogP contribution in [-0.4, -0.2) is 18.3 Å². The molecule has 0 amide bonds. The lowest BCUT2D eigenvalue weighted by molar-refractivity contribution is -0.0129. The van der Waals surface area contributed by atoms with E-state index in [1.54, 1.807) is 0 Å². The van der Waals surface area contributed by atoms with Crippen molar-refractivity contribution >= 4 is 0 Å². The van der Waals surface area contributed by atoms with Crippen LogP contribution in [0.3, 0.4) is 0 Å². The largest absolute Gasteiger partial charge is 0.390 e. The minimum Gasteiger partial charge on any atom is -0.390 e. The Balaban J connectivity index is 2.15. The van der Waals surface area contributed by atoms with Gasteiger partial charge in [0.15, 0.2) is 0 Å². The van der Waals surface area contributed by atoms with E-state index in [0.29, 0.717) is 5.56 Å². The maximum Gasteiger partial charge on any atom is 0.126 e. The van der Waals surface area contributed by atoms with Gasteiger partial charge in [0.1, 0.15) is 17.7 Å². The summed E-state index contributed by atoms with van der Waals surface area (Å²) in [6.07, 6.45) is -1.31. The van der Waals surface area contributed by atoms with Crippen molar-refractivity contribution in [1.82, 2.24) is 0 Å². The smallest absolute Gasteiger partial charge is 0.126 e. The third kappa shape index (κ3) is 3.62. The van der Waals surface area contributed by atoms with Gasteiger partial charge in [0, 0.05) is 19.6 Å². The van der Waals surface area contributed by atoms with Crippen molar-refractivity contribution in [2.24, 2.45) is 0 Å². The molecule has 106 valence electrons. The lowest BCUT2D eigenvalue weighted by atomic mass is 9.98. The van der Waals surface area contributed by atoms with Gasteiger partial charge in [-0.25, -0.2) is 8.78 Å². The molecule has 0 fully saturated rings. The molecular weight excluding hydrogens is 262 g/mol. The number of hydrogen-bond acceptors (Lipinski definition) is 2. The standard InChI is InChI=1S/C16H16F2O2/c1-20-16(12-5-3-2-4-6-12)15(19)9-11-7-13(17)10-14(18)8-11/h2-8,10,15-16,19H,9H2,1H3. The zero-order chi connectivity index (χ0) is 14.5. The van der Waals surface area contributed by atoms with E-state index < -0.39 is 23.8 Å². The molecule has 0 aliphatic heterocycles. The third-order valence-corrected chi connectivity index (χ3v) is 3.10. The lowest BCUT2D eigenvalue weighted by Crippen LogP contribution is -2.22. The molecule has 2 aromatic carbocycles. The first-order valence-corrected chi connectivity index (χ1v) is 6.31. The predicted octanol–water partition coefficient (Wildman–Crippen LogP) is 3.26. The van der Waals surface area contributed by atoms with Gasteiger partial charge in [-0.15, -0.1) is 0 Å². The molecule has 2 unspecified atom stereocenters. The van der Waals surface area contributed by atoms with Gasteiger partial charge in [0.2, 0.25) is 0 Å². The molecule has 2 aromatic rings. The van der Waals surface area contributed by atoms with Gasteiger partial charge >= 0.3 is 0 Å². The summed E-state index contributed by atoms with van der Waals surface area (Å²) in [6.45, 7) is 0. The number of methoxy groups -OCH3 is 1. The molecule has 2 rings (SSSR count). The average molecular weight is 278 g/mol. The maximum atomic E-state index is 13.1. The minimum atomic E-state index is -0.886. The number of halogens is 2. The van der Waals surface area contributed by atoms with Crippen molar-refractivity contribution in [2.75, 3.05) is 7.11 Å². The Morgan fingerprint density at radius 1 is 1.05 bits per heavy atom. The predicted molar refractivity (Wildman–Crippen MR) is 72.3 cm³/mol. The molecule has 0 radical (unpaired) electrons. The van der Waals surface area contributed by atoms with Gasteiger partial charge in [-0.2, -0.15) is 0 Å².